The van der Waals surface area contributed by atoms with Crippen LogP contribution in [0.1, 0.15) is 19.5 Å². The predicted octanol–water partition coefficient (Wildman–Crippen LogP) is 0.879. The van der Waals surface area contributed by atoms with E-state index in [2.05, 4.69) is 10.3 Å². The van der Waals surface area contributed by atoms with Gasteiger partial charge in [0.25, 0.3) is 0 Å². The van der Waals surface area contributed by atoms with E-state index in [0.29, 0.717) is 6.54 Å². The van der Waals surface area contributed by atoms with E-state index in [-0.39, 0.29) is 24.3 Å². The zero-order valence-corrected chi connectivity index (χ0v) is 12.2. The Morgan fingerprint density at radius 3 is 3.00 bits per heavy atom. The van der Waals surface area contributed by atoms with Gasteiger partial charge in [-0.2, -0.15) is 0 Å². The normalized spacial score (nSPS) is 19.9. The molecule has 7 heteroatoms. The Bertz CT molecular complexity index is 632. The molecule has 20 heavy (non-hydrogen) atoms. The third-order valence-corrected chi connectivity index (χ3v) is 4.16. The number of imidazole rings is 1. The summed E-state index contributed by atoms with van der Waals surface area (Å²) in [6, 6.07) is -0.431. The fourth-order valence-corrected chi connectivity index (χ4v) is 3.08. The molecule has 0 radical (unpaired) electrons. The predicted molar refractivity (Wildman–Crippen MR) is 75.3 cm³/mol. The summed E-state index contributed by atoms with van der Waals surface area (Å²) in [5, 5.41) is 4.71. The van der Waals surface area contributed by atoms with Crippen LogP contribution in [0.25, 0.3) is 4.96 Å². The van der Waals surface area contributed by atoms with E-state index in [9.17, 15) is 9.59 Å². The van der Waals surface area contributed by atoms with E-state index in [0.717, 1.165) is 10.7 Å². The molecule has 2 amide bonds. The quantitative estimate of drug-likeness (QED) is 0.913. The molecule has 1 atom stereocenters. The lowest BCUT2D eigenvalue weighted by Crippen LogP contribution is -2.59. The van der Waals surface area contributed by atoms with Gasteiger partial charge in [0.15, 0.2) is 4.96 Å². The van der Waals surface area contributed by atoms with Crippen molar-refractivity contribution in [1.29, 1.82) is 0 Å². The Morgan fingerprint density at radius 2 is 2.30 bits per heavy atom. The van der Waals surface area contributed by atoms with Gasteiger partial charge in [-0.15, -0.1) is 11.3 Å². The Hall–Kier alpha value is -1.89. The molecule has 0 spiro atoms. The number of fused-ring (bicyclic) bond motifs is 1. The summed E-state index contributed by atoms with van der Waals surface area (Å²) in [5.41, 5.74) is 0.808. The number of carbonyl (C=O) groups excluding carboxylic acids is 2. The fraction of sp³-hybridized carbons (Fsp3) is 0.462. The molecule has 2 aromatic rings. The van der Waals surface area contributed by atoms with Crippen LogP contribution in [0.4, 0.5) is 0 Å². The van der Waals surface area contributed by atoms with Crippen LogP contribution in [0.3, 0.4) is 0 Å². The smallest absolute Gasteiger partial charge is 0.246 e. The summed E-state index contributed by atoms with van der Waals surface area (Å²) in [6.45, 7) is 4.34. The SMILES string of the molecule is CC(C)C1NC(=O)CN(Cc2cn3ccsc3n2)C1=O. The Balaban J connectivity index is 1.80. The summed E-state index contributed by atoms with van der Waals surface area (Å²) >= 11 is 1.55. The minimum Gasteiger partial charge on any atom is -0.343 e. The number of thiazole rings is 1. The average Bonchev–Trinajstić information content (AvgIpc) is 2.93. The van der Waals surface area contributed by atoms with Gasteiger partial charge in [0.2, 0.25) is 11.8 Å². The van der Waals surface area contributed by atoms with Gasteiger partial charge in [0.05, 0.1) is 12.2 Å². The molecule has 1 aliphatic rings. The van der Waals surface area contributed by atoms with E-state index in [4.69, 9.17) is 0 Å². The largest absolute Gasteiger partial charge is 0.343 e. The first-order chi connectivity index (χ1) is 9.54. The second-order valence-electron chi connectivity index (χ2n) is 5.31. The third kappa shape index (κ3) is 2.29. The van der Waals surface area contributed by atoms with Crippen LogP contribution in [-0.2, 0) is 16.1 Å². The molecule has 1 aliphatic heterocycles. The van der Waals surface area contributed by atoms with Crippen molar-refractivity contribution in [3.05, 3.63) is 23.5 Å². The van der Waals surface area contributed by atoms with Crippen LogP contribution in [0.5, 0.6) is 0 Å². The minimum atomic E-state index is -0.431. The maximum atomic E-state index is 12.3. The van der Waals surface area contributed by atoms with Crippen molar-refractivity contribution >= 4 is 28.1 Å². The molecule has 0 bridgehead atoms. The summed E-state index contributed by atoms with van der Waals surface area (Å²) in [5.74, 6) is -0.0555. The monoisotopic (exact) mass is 292 g/mol. The number of nitrogens with zero attached hydrogens (tertiary/aromatic N) is 3. The van der Waals surface area contributed by atoms with Crippen molar-refractivity contribution < 1.29 is 9.59 Å². The highest BCUT2D eigenvalue weighted by molar-refractivity contribution is 7.15. The third-order valence-electron chi connectivity index (χ3n) is 3.39. The second kappa shape index (κ2) is 4.90. The fourth-order valence-electron chi connectivity index (χ4n) is 2.36. The number of amides is 2. The van der Waals surface area contributed by atoms with Crippen LogP contribution >= 0.6 is 11.3 Å². The average molecular weight is 292 g/mol. The maximum Gasteiger partial charge on any atom is 0.246 e. The van der Waals surface area contributed by atoms with E-state index in [1.54, 1.807) is 16.2 Å². The number of carbonyl (C=O) groups is 2. The molecule has 1 fully saturated rings. The molecular formula is C13H16N4O2S. The first-order valence-corrected chi connectivity index (χ1v) is 7.42. The number of hydrogen-bond donors (Lipinski definition) is 1. The van der Waals surface area contributed by atoms with Gasteiger partial charge in [-0.3, -0.25) is 14.0 Å². The van der Waals surface area contributed by atoms with Crippen molar-refractivity contribution in [3.63, 3.8) is 0 Å². The van der Waals surface area contributed by atoms with Crippen LogP contribution in [0.2, 0.25) is 0 Å². The zero-order chi connectivity index (χ0) is 14.3. The highest BCUT2D eigenvalue weighted by Crippen LogP contribution is 2.16. The van der Waals surface area contributed by atoms with Gasteiger partial charge in [0, 0.05) is 17.8 Å². The summed E-state index contributed by atoms with van der Waals surface area (Å²) in [7, 11) is 0. The second-order valence-corrected chi connectivity index (χ2v) is 6.18. The molecule has 0 saturated carbocycles. The molecule has 106 valence electrons. The molecule has 1 unspecified atom stereocenters. The standard InChI is InChI=1S/C13H16N4O2S/c1-8(2)11-12(19)17(7-10(18)15-11)6-9-5-16-3-4-20-13(16)14-9/h3-5,8,11H,6-7H2,1-2H3,(H,15,18). The van der Waals surface area contributed by atoms with Crippen molar-refractivity contribution in [1.82, 2.24) is 19.6 Å². The number of piperazine rings is 1. The van der Waals surface area contributed by atoms with E-state index < -0.39 is 6.04 Å². The van der Waals surface area contributed by atoms with E-state index in [1.165, 1.54) is 0 Å². The number of rotatable bonds is 3. The van der Waals surface area contributed by atoms with E-state index >= 15 is 0 Å². The lowest BCUT2D eigenvalue weighted by atomic mass is 10.0. The summed E-state index contributed by atoms with van der Waals surface area (Å²) < 4.78 is 1.93. The van der Waals surface area contributed by atoms with Gasteiger partial charge in [0.1, 0.15) is 12.6 Å². The molecule has 2 aromatic heterocycles. The van der Waals surface area contributed by atoms with Crippen LogP contribution in [-0.4, -0.2) is 38.7 Å². The molecule has 3 rings (SSSR count). The number of aromatic nitrogens is 2. The molecular weight excluding hydrogens is 276 g/mol. The van der Waals surface area contributed by atoms with Crippen molar-refractivity contribution in [2.45, 2.75) is 26.4 Å². The van der Waals surface area contributed by atoms with Crippen molar-refractivity contribution in [2.24, 2.45) is 5.92 Å². The first kappa shape index (κ1) is 13.1. The first-order valence-electron chi connectivity index (χ1n) is 6.54. The van der Waals surface area contributed by atoms with Gasteiger partial charge < -0.3 is 10.2 Å². The lowest BCUT2D eigenvalue weighted by Gasteiger charge is -2.33. The topological polar surface area (TPSA) is 66.7 Å². The van der Waals surface area contributed by atoms with E-state index in [1.807, 2.05) is 36.0 Å². The Kier molecular flexibility index (Phi) is 3.21. The Labute approximate surface area is 120 Å². The van der Waals surface area contributed by atoms with Gasteiger partial charge >= 0.3 is 0 Å². The number of hydrogen-bond acceptors (Lipinski definition) is 4. The zero-order valence-electron chi connectivity index (χ0n) is 11.4. The van der Waals surface area contributed by atoms with Gasteiger partial charge in [-0.1, -0.05) is 13.8 Å². The summed E-state index contributed by atoms with van der Waals surface area (Å²) in [4.78, 5) is 31.0. The molecule has 0 aliphatic carbocycles. The highest BCUT2D eigenvalue weighted by Gasteiger charge is 2.34. The van der Waals surface area contributed by atoms with Gasteiger partial charge in [-0.05, 0) is 5.92 Å². The minimum absolute atomic E-state index is 0.0315. The van der Waals surface area contributed by atoms with Crippen molar-refractivity contribution in [3.8, 4) is 0 Å². The Morgan fingerprint density at radius 1 is 1.50 bits per heavy atom. The molecule has 0 aromatic carbocycles. The molecule has 1 N–H and O–H groups in total. The van der Waals surface area contributed by atoms with Crippen LogP contribution in [0.15, 0.2) is 17.8 Å². The maximum absolute atomic E-state index is 12.3. The van der Waals surface area contributed by atoms with Crippen molar-refractivity contribution in [2.75, 3.05) is 6.54 Å². The molecule has 3 heterocycles. The molecule has 1 saturated heterocycles. The highest BCUT2D eigenvalue weighted by atomic mass is 32.1. The lowest BCUT2D eigenvalue weighted by molar-refractivity contribution is -0.146. The van der Waals surface area contributed by atoms with Gasteiger partial charge in [-0.25, -0.2) is 4.98 Å². The van der Waals surface area contributed by atoms with Crippen LogP contribution in [0, 0.1) is 5.92 Å². The number of nitrogens with one attached hydrogen (secondary N) is 1. The molecule has 6 nitrogen and oxygen atoms in total. The van der Waals surface area contributed by atoms with Crippen LogP contribution < -0.4 is 5.32 Å². The summed E-state index contributed by atoms with van der Waals surface area (Å²) in [6.07, 6.45) is 3.83.